The lowest BCUT2D eigenvalue weighted by Gasteiger charge is -2.46. The van der Waals surface area contributed by atoms with Crippen LogP contribution in [0.1, 0.15) is 26.3 Å². The lowest BCUT2D eigenvalue weighted by Crippen LogP contribution is -2.65. The second kappa shape index (κ2) is 8.40. The number of esters is 1. The number of benzene rings is 1. The van der Waals surface area contributed by atoms with Gasteiger partial charge < -0.3 is 24.8 Å². The van der Waals surface area contributed by atoms with Crippen LogP contribution in [0.2, 0.25) is 0 Å². The number of piperazine rings is 1. The van der Waals surface area contributed by atoms with Gasteiger partial charge in [0.15, 0.2) is 0 Å². The summed E-state index contributed by atoms with van der Waals surface area (Å²) < 4.78 is 10.5. The molecule has 7 heteroatoms. The number of carbonyl (C=O) groups excluding carboxylic acids is 1. The number of nitrogens with one attached hydrogen (secondary N) is 1. The highest BCUT2D eigenvalue weighted by molar-refractivity contribution is 5.72. The zero-order valence-electron chi connectivity index (χ0n) is 15.8. The predicted molar refractivity (Wildman–Crippen MR) is 97.4 cm³/mol. The molecule has 144 valence electrons. The Balaban J connectivity index is 2.02. The maximum Gasteiger partial charge on any atom is 0.407 e. The topological polar surface area (TPSA) is 88.1 Å². The SMILES string of the molecule is COC(=O)Cc1ccc(OCC2NCCN(C(=O)O)C2C(C)(C)C)cc1. The van der Waals surface area contributed by atoms with Crippen molar-refractivity contribution < 1.29 is 24.2 Å². The first-order valence-electron chi connectivity index (χ1n) is 8.74. The molecule has 7 nitrogen and oxygen atoms in total. The molecular weight excluding hydrogens is 336 g/mol. The van der Waals surface area contributed by atoms with Crippen LogP contribution in [-0.2, 0) is 16.0 Å². The zero-order chi connectivity index (χ0) is 19.3. The Morgan fingerprint density at radius 1 is 1.27 bits per heavy atom. The van der Waals surface area contributed by atoms with Crippen molar-refractivity contribution in [1.29, 1.82) is 0 Å². The largest absolute Gasteiger partial charge is 0.492 e. The van der Waals surface area contributed by atoms with Crippen molar-refractivity contribution in [1.82, 2.24) is 10.2 Å². The molecule has 1 aromatic carbocycles. The molecule has 1 heterocycles. The van der Waals surface area contributed by atoms with E-state index in [2.05, 4.69) is 10.1 Å². The highest BCUT2D eigenvalue weighted by Gasteiger charge is 2.41. The Labute approximate surface area is 154 Å². The van der Waals surface area contributed by atoms with Crippen molar-refractivity contribution in [2.24, 2.45) is 5.41 Å². The number of carboxylic acid groups (broad SMARTS) is 1. The summed E-state index contributed by atoms with van der Waals surface area (Å²) in [6.45, 7) is 7.54. The van der Waals surface area contributed by atoms with Gasteiger partial charge in [-0.1, -0.05) is 32.9 Å². The third-order valence-corrected chi connectivity index (χ3v) is 4.54. The molecule has 2 N–H and O–H groups in total. The molecule has 1 aromatic rings. The van der Waals surface area contributed by atoms with Crippen molar-refractivity contribution in [3.8, 4) is 5.75 Å². The van der Waals surface area contributed by atoms with Crippen molar-refractivity contribution in [3.05, 3.63) is 29.8 Å². The normalized spacial score (nSPS) is 20.5. The van der Waals surface area contributed by atoms with Gasteiger partial charge in [0, 0.05) is 13.1 Å². The number of ether oxygens (including phenoxy) is 2. The second-order valence-electron chi connectivity index (χ2n) is 7.56. The van der Waals surface area contributed by atoms with E-state index < -0.39 is 6.09 Å². The molecule has 0 saturated carbocycles. The molecule has 2 unspecified atom stereocenters. The monoisotopic (exact) mass is 364 g/mol. The number of carbonyl (C=O) groups is 2. The lowest BCUT2D eigenvalue weighted by molar-refractivity contribution is -0.139. The van der Waals surface area contributed by atoms with Gasteiger partial charge in [-0.3, -0.25) is 4.79 Å². The summed E-state index contributed by atoms with van der Waals surface area (Å²) in [7, 11) is 1.36. The summed E-state index contributed by atoms with van der Waals surface area (Å²) in [6.07, 6.45) is -0.677. The summed E-state index contributed by atoms with van der Waals surface area (Å²) in [4.78, 5) is 24.4. The fraction of sp³-hybridized carbons (Fsp3) is 0.579. The van der Waals surface area contributed by atoms with Crippen LogP contribution in [-0.4, -0.2) is 61.0 Å². The van der Waals surface area contributed by atoms with Crippen LogP contribution < -0.4 is 10.1 Å². The molecule has 1 saturated heterocycles. The molecule has 1 fully saturated rings. The van der Waals surface area contributed by atoms with E-state index in [-0.39, 0.29) is 29.9 Å². The molecule has 1 aliphatic heterocycles. The number of methoxy groups -OCH3 is 1. The second-order valence-corrected chi connectivity index (χ2v) is 7.56. The van der Waals surface area contributed by atoms with Gasteiger partial charge >= 0.3 is 12.1 Å². The van der Waals surface area contributed by atoms with Gasteiger partial charge in [0.25, 0.3) is 0 Å². The van der Waals surface area contributed by atoms with Gasteiger partial charge in [0.2, 0.25) is 0 Å². The van der Waals surface area contributed by atoms with Gasteiger partial charge in [-0.15, -0.1) is 0 Å². The lowest BCUT2D eigenvalue weighted by atomic mass is 9.80. The summed E-state index contributed by atoms with van der Waals surface area (Å²) in [5.74, 6) is 0.396. The van der Waals surface area contributed by atoms with Gasteiger partial charge in [0.05, 0.1) is 25.6 Å². The number of nitrogens with zero attached hydrogens (tertiary/aromatic N) is 1. The van der Waals surface area contributed by atoms with Crippen molar-refractivity contribution in [2.45, 2.75) is 39.3 Å². The van der Waals surface area contributed by atoms with Crippen LogP contribution in [0.15, 0.2) is 24.3 Å². The van der Waals surface area contributed by atoms with Crippen molar-refractivity contribution in [2.75, 3.05) is 26.8 Å². The van der Waals surface area contributed by atoms with Crippen LogP contribution in [0.4, 0.5) is 4.79 Å². The average Bonchev–Trinajstić information content (AvgIpc) is 2.59. The fourth-order valence-corrected chi connectivity index (χ4v) is 3.40. The van der Waals surface area contributed by atoms with Crippen LogP contribution >= 0.6 is 0 Å². The number of hydrogen-bond donors (Lipinski definition) is 2. The maximum atomic E-state index is 11.6. The predicted octanol–water partition coefficient (Wildman–Crippen LogP) is 2.15. The summed E-state index contributed by atoms with van der Waals surface area (Å²) in [6, 6.07) is 6.98. The molecule has 2 rings (SSSR count). The van der Waals surface area contributed by atoms with E-state index in [1.54, 1.807) is 0 Å². The van der Waals surface area contributed by atoms with E-state index in [0.717, 1.165) is 5.56 Å². The number of rotatable bonds is 5. The van der Waals surface area contributed by atoms with Crippen molar-refractivity contribution in [3.63, 3.8) is 0 Å². The first kappa shape index (κ1) is 20.0. The average molecular weight is 364 g/mol. The highest BCUT2D eigenvalue weighted by Crippen LogP contribution is 2.29. The Hall–Kier alpha value is -2.28. The van der Waals surface area contributed by atoms with Crippen LogP contribution in [0.5, 0.6) is 5.75 Å². The van der Waals surface area contributed by atoms with Crippen molar-refractivity contribution >= 4 is 12.1 Å². The van der Waals surface area contributed by atoms with Crippen LogP contribution in [0, 0.1) is 5.41 Å². The molecule has 0 spiro atoms. The number of amides is 1. The molecule has 0 aliphatic carbocycles. The number of hydrogen-bond acceptors (Lipinski definition) is 5. The molecule has 1 amide bonds. The standard InChI is InChI=1S/C19H28N2O5/c1-19(2,3)17-15(20-9-10-21(17)18(23)24)12-26-14-7-5-13(6-8-14)11-16(22)25-4/h5-8,15,17,20H,9-12H2,1-4H3,(H,23,24). The third-order valence-electron chi connectivity index (χ3n) is 4.54. The summed E-state index contributed by atoms with van der Waals surface area (Å²) in [5.41, 5.74) is 0.633. The minimum absolute atomic E-state index is 0.102. The molecule has 0 bridgehead atoms. The summed E-state index contributed by atoms with van der Waals surface area (Å²) >= 11 is 0. The first-order valence-corrected chi connectivity index (χ1v) is 8.74. The molecular formula is C19H28N2O5. The van der Waals surface area contributed by atoms with E-state index in [9.17, 15) is 14.7 Å². The van der Waals surface area contributed by atoms with E-state index in [1.807, 2.05) is 45.0 Å². The van der Waals surface area contributed by atoms with Gasteiger partial charge in [-0.05, 0) is 23.1 Å². The quantitative estimate of drug-likeness (QED) is 0.779. The van der Waals surface area contributed by atoms with Crippen LogP contribution in [0.25, 0.3) is 0 Å². The Kier molecular flexibility index (Phi) is 6.47. The van der Waals surface area contributed by atoms with Gasteiger partial charge in [0.1, 0.15) is 12.4 Å². The fourth-order valence-electron chi connectivity index (χ4n) is 3.40. The molecule has 2 atom stereocenters. The van der Waals surface area contributed by atoms with E-state index >= 15 is 0 Å². The van der Waals surface area contributed by atoms with Gasteiger partial charge in [-0.2, -0.15) is 0 Å². The van der Waals surface area contributed by atoms with E-state index in [4.69, 9.17) is 4.74 Å². The molecule has 0 aromatic heterocycles. The first-order chi connectivity index (χ1) is 12.2. The Morgan fingerprint density at radius 3 is 2.46 bits per heavy atom. The summed E-state index contributed by atoms with van der Waals surface area (Å²) in [5, 5.41) is 12.9. The zero-order valence-corrected chi connectivity index (χ0v) is 15.8. The highest BCUT2D eigenvalue weighted by atomic mass is 16.5. The van der Waals surface area contributed by atoms with E-state index in [0.29, 0.717) is 25.4 Å². The molecule has 1 aliphatic rings. The van der Waals surface area contributed by atoms with E-state index in [1.165, 1.54) is 12.0 Å². The minimum atomic E-state index is -0.899. The molecule has 26 heavy (non-hydrogen) atoms. The Morgan fingerprint density at radius 2 is 1.92 bits per heavy atom. The maximum absolute atomic E-state index is 11.6. The van der Waals surface area contributed by atoms with Gasteiger partial charge in [-0.25, -0.2) is 4.79 Å². The minimum Gasteiger partial charge on any atom is -0.492 e. The third kappa shape index (κ3) is 5.11. The van der Waals surface area contributed by atoms with Crippen LogP contribution in [0.3, 0.4) is 0 Å². The molecule has 0 radical (unpaired) electrons. The smallest absolute Gasteiger partial charge is 0.407 e. The Bertz CT molecular complexity index is 624.